The van der Waals surface area contributed by atoms with Gasteiger partial charge in [-0.25, -0.2) is 0 Å². The molecule has 0 atom stereocenters. The lowest BCUT2D eigenvalue weighted by Gasteiger charge is -2.07. The summed E-state index contributed by atoms with van der Waals surface area (Å²) in [5.74, 6) is 3.00. The predicted molar refractivity (Wildman–Crippen MR) is 121 cm³/mol. The fourth-order valence-electron chi connectivity index (χ4n) is 3.16. The summed E-state index contributed by atoms with van der Waals surface area (Å²) in [6.07, 6.45) is 0. The minimum Gasteiger partial charge on any atom is -0.497 e. The SMILES string of the molecule is COc1cccc(C(=O)COc2ccc(-c3noc(-c4ccc(OC)c(OC)c4)n3)cc2)c1. The van der Waals surface area contributed by atoms with E-state index in [2.05, 4.69) is 10.1 Å². The summed E-state index contributed by atoms with van der Waals surface area (Å²) in [5, 5.41) is 4.06. The van der Waals surface area contributed by atoms with Crippen LogP contribution in [0.25, 0.3) is 22.8 Å². The van der Waals surface area contributed by atoms with Gasteiger partial charge < -0.3 is 23.5 Å². The summed E-state index contributed by atoms with van der Waals surface area (Å²) < 4.78 is 26.8. The normalized spacial score (nSPS) is 10.5. The number of ether oxygens (including phenoxy) is 4. The number of carbonyl (C=O) groups is 1. The van der Waals surface area contributed by atoms with Crippen LogP contribution in [0.4, 0.5) is 0 Å². The lowest BCUT2D eigenvalue weighted by molar-refractivity contribution is 0.0921. The minimum absolute atomic E-state index is 0.0851. The van der Waals surface area contributed by atoms with Gasteiger partial charge in [0.2, 0.25) is 5.82 Å². The molecule has 33 heavy (non-hydrogen) atoms. The third-order valence-electron chi connectivity index (χ3n) is 4.93. The molecule has 1 heterocycles. The van der Waals surface area contributed by atoms with Gasteiger partial charge >= 0.3 is 0 Å². The molecular formula is C25H22N2O6. The molecule has 0 N–H and O–H groups in total. The standard InChI is InChI=1S/C25H22N2O6/c1-29-20-6-4-5-17(13-20)21(28)15-32-19-10-7-16(8-11-19)24-26-25(33-27-24)18-9-12-22(30-2)23(14-18)31-3/h4-14H,15H2,1-3H3. The molecule has 0 amide bonds. The van der Waals surface area contributed by atoms with Crippen molar-refractivity contribution in [3.05, 3.63) is 72.3 Å². The smallest absolute Gasteiger partial charge is 0.258 e. The molecule has 0 spiro atoms. The molecular weight excluding hydrogens is 424 g/mol. The van der Waals surface area contributed by atoms with E-state index in [0.29, 0.717) is 45.8 Å². The minimum atomic E-state index is -0.143. The quantitative estimate of drug-likeness (QED) is 0.342. The van der Waals surface area contributed by atoms with Crippen LogP contribution in [-0.2, 0) is 0 Å². The van der Waals surface area contributed by atoms with Gasteiger partial charge in [-0.15, -0.1) is 0 Å². The molecule has 0 unspecified atom stereocenters. The van der Waals surface area contributed by atoms with Gasteiger partial charge in [0.25, 0.3) is 5.89 Å². The van der Waals surface area contributed by atoms with E-state index in [0.717, 1.165) is 5.56 Å². The Morgan fingerprint density at radius 3 is 2.30 bits per heavy atom. The van der Waals surface area contributed by atoms with Gasteiger partial charge in [0.1, 0.15) is 11.5 Å². The van der Waals surface area contributed by atoms with Gasteiger partial charge in [0, 0.05) is 16.7 Å². The Balaban J connectivity index is 1.42. The van der Waals surface area contributed by atoms with Crippen LogP contribution >= 0.6 is 0 Å². The Kier molecular flexibility index (Phi) is 6.54. The molecule has 0 saturated carbocycles. The third-order valence-corrected chi connectivity index (χ3v) is 4.93. The van der Waals surface area contributed by atoms with Gasteiger partial charge in [0.15, 0.2) is 23.9 Å². The molecule has 1 aromatic heterocycles. The number of methoxy groups -OCH3 is 3. The molecule has 0 fully saturated rings. The van der Waals surface area contributed by atoms with Crippen LogP contribution in [0.3, 0.4) is 0 Å². The third kappa shape index (κ3) is 4.95. The molecule has 0 radical (unpaired) electrons. The average Bonchev–Trinajstić information content (AvgIpc) is 3.37. The molecule has 168 valence electrons. The first-order chi connectivity index (χ1) is 16.1. The van der Waals surface area contributed by atoms with E-state index in [1.807, 2.05) is 6.07 Å². The van der Waals surface area contributed by atoms with Crippen LogP contribution in [0.2, 0.25) is 0 Å². The highest BCUT2D eigenvalue weighted by Gasteiger charge is 2.14. The Morgan fingerprint density at radius 2 is 1.58 bits per heavy atom. The number of hydrogen-bond donors (Lipinski definition) is 0. The van der Waals surface area contributed by atoms with E-state index in [1.165, 1.54) is 0 Å². The average molecular weight is 446 g/mol. The van der Waals surface area contributed by atoms with Crippen molar-refractivity contribution in [2.75, 3.05) is 27.9 Å². The molecule has 0 saturated heterocycles. The zero-order valence-corrected chi connectivity index (χ0v) is 18.4. The van der Waals surface area contributed by atoms with Crippen molar-refractivity contribution in [1.29, 1.82) is 0 Å². The summed E-state index contributed by atoms with van der Waals surface area (Å²) in [4.78, 5) is 16.8. The van der Waals surface area contributed by atoms with Crippen LogP contribution < -0.4 is 18.9 Å². The first-order valence-electron chi connectivity index (χ1n) is 10.1. The highest BCUT2D eigenvalue weighted by atomic mass is 16.5. The fraction of sp³-hybridized carbons (Fsp3) is 0.160. The number of rotatable bonds is 9. The molecule has 0 aliphatic rings. The number of carbonyl (C=O) groups excluding carboxylic acids is 1. The maximum atomic E-state index is 12.4. The molecule has 4 rings (SSSR count). The molecule has 4 aromatic rings. The Bertz CT molecular complexity index is 1250. The fourth-order valence-corrected chi connectivity index (χ4v) is 3.16. The van der Waals surface area contributed by atoms with Gasteiger partial charge in [-0.1, -0.05) is 17.3 Å². The van der Waals surface area contributed by atoms with Gasteiger partial charge in [-0.05, 0) is 54.6 Å². The summed E-state index contributed by atoms with van der Waals surface area (Å²) in [7, 11) is 4.70. The van der Waals surface area contributed by atoms with Crippen molar-refractivity contribution in [2.24, 2.45) is 0 Å². The maximum absolute atomic E-state index is 12.4. The lowest BCUT2D eigenvalue weighted by Crippen LogP contribution is -2.11. The number of hydrogen-bond acceptors (Lipinski definition) is 8. The zero-order valence-electron chi connectivity index (χ0n) is 18.4. The van der Waals surface area contributed by atoms with Crippen molar-refractivity contribution >= 4 is 5.78 Å². The molecule has 0 aliphatic carbocycles. The van der Waals surface area contributed by atoms with E-state index < -0.39 is 0 Å². The van der Waals surface area contributed by atoms with E-state index in [4.69, 9.17) is 23.5 Å². The Hall–Kier alpha value is -4.33. The maximum Gasteiger partial charge on any atom is 0.258 e. The predicted octanol–water partition coefficient (Wildman–Crippen LogP) is 4.69. The number of ketones is 1. The van der Waals surface area contributed by atoms with Crippen molar-refractivity contribution in [2.45, 2.75) is 0 Å². The molecule has 8 nitrogen and oxygen atoms in total. The summed E-state index contributed by atoms with van der Waals surface area (Å²) >= 11 is 0. The number of aromatic nitrogens is 2. The van der Waals surface area contributed by atoms with Crippen molar-refractivity contribution in [3.8, 4) is 45.8 Å². The number of nitrogens with zero attached hydrogens (tertiary/aromatic N) is 2. The lowest BCUT2D eigenvalue weighted by atomic mass is 10.1. The molecule has 3 aromatic carbocycles. The van der Waals surface area contributed by atoms with Crippen molar-refractivity contribution in [1.82, 2.24) is 10.1 Å². The first kappa shape index (κ1) is 21.9. The van der Waals surface area contributed by atoms with Gasteiger partial charge in [-0.2, -0.15) is 4.98 Å². The highest BCUT2D eigenvalue weighted by Crippen LogP contribution is 2.32. The van der Waals surface area contributed by atoms with Gasteiger partial charge in [0.05, 0.1) is 21.3 Å². The second-order valence-corrected chi connectivity index (χ2v) is 6.96. The number of Topliss-reactive ketones (excluding diaryl/α,β-unsaturated/α-hetero) is 1. The molecule has 8 heteroatoms. The van der Waals surface area contributed by atoms with Gasteiger partial charge in [-0.3, -0.25) is 4.79 Å². The van der Waals surface area contributed by atoms with E-state index in [1.54, 1.807) is 82.0 Å². The van der Waals surface area contributed by atoms with Crippen LogP contribution in [0.1, 0.15) is 10.4 Å². The second-order valence-electron chi connectivity index (χ2n) is 6.96. The van der Waals surface area contributed by atoms with E-state index in [-0.39, 0.29) is 12.4 Å². The number of benzene rings is 3. The zero-order chi connectivity index (χ0) is 23.2. The first-order valence-corrected chi connectivity index (χ1v) is 10.1. The van der Waals surface area contributed by atoms with Crippen LogP contribution in [-0.4, -0.2) is 43.9 Å². The second kappa shape index (κ2) is 9.86. The Labute approximate surface area is 190 Å². The summed E-state index contributed by atoms with van der Waals surface area (Å²) in [6.45, 7) is -0.0851. The summed E-state index contributed by atoms with van der Waals surface area (Å²) in [5.41, 5.74) is 1.99. The molecule has 0 aliphatic heterocycles. The molecule has 0 bridgehead atoms. The summed E-state index contributed by atoms with van der Waals surface area (Å²) in [6, 6.07) is 19.4. The monoisotopic (exact) mass is 446 g/mol. The highest BCUT2D eigenvalue weighted by molar-refractivity contribution is 5.97. The van der Waals surface area contributed by atoms with E-state index in [9.17, 15) is 4.79 Å². The van der Waals surface area contributed by atoms with E-state index >= 15 is 0 Å². The van der Waals surface area contributed by atoms with Crippen LogP contribution in [0.15, 0.2) is 71.3 Å². The topological polar surface area (TPSA) is 92.9 Å². The van der Waals surface area contributed by atoms with Crippen molar-refractivity contribution < 1.29 is 28.3 Å². The Morgan fingerprint density at radius 1 is 0.818 bits per heavy atom. The largest absolute Gasteiger partial charge is 0.497 e. The van der Waals surface area contributed by atoms with Crippen molar-refractivity contribution in [3.63, 3.8) is 0 Å². The van der Waals surface area contributed by atoms with Crippen LogP contribution in [0, 0.1) is 0 Å². The van der Waals surface area contributed by atoms with Crippen LogP contribution in [0.5, 0.6) is 23.0 Å².